The minimum absolute atomic E-state index is 0.285. The quantitative estimate of drug-likeness (QED) is 0.376. The van der Waals surface area contributed by atoms with Gasteiger partial charge < -0.3 is 15.5 Å². The summed E-state index contributed by atoms with van der Waals surface area (Å²) in [6, 6.07) is 8.50. The van der Waals surface area contributed by atoms with E-state index in [1.165, 1.54) is 11.1 Å². The maximum Gasteiger partial charge on any atom is 0.222 e. The summed E-state index contributed by atoms with van der Waals surface area (Å²) in [6.45, 7) is 8.19. The first-order valence-corrected chi connectivity index (χ1v) is 11.3. The molecule has 0 radical (unpaired) electrons. The fraction of sp³-hybridized carbons (Fsp3) is 0.500. The zero-order chi connectivity index (χ0) is 20.5. The Balaban J connectivity index is 1.43. The van der Waals surface area contributed by atoms with Gasteiger partial charge in [0.1, 0.15) is 5.01 Å². The molecule has 6 nitrogen and oxygen atoms in total. The van der Waals surface area contributed by atoms with E-state index in [4.69, 9.17) is 4.98 Å². The molecule has 2 N–H and O–H groups in total. The van der Waals surface area contributed by atoms with E-state index in [2.05, 4.69) is 59.1 Å². The van der Waals surface area contributed by atoms with Gasteiger partial charge in [0.2, 0.25) is 5.91 Å². The average molecular weight is 414 g/mol. The molecule has 3 rings (SSSR count). The summed E-state index contributed by atoms with van der Waals surface area (Å²) in [5.41, 5.74) is 3.53. The fourth-order valence-electron chi connectivity index (χ4n) is 3.29. The van der Waals surface area contributed by atoms with Crippen LogP contribution < -0.4 is 10.6 Å². The van der Waals surface area contributed by atoms with Crippen molar-refractivity contribution in [3.05, 3.63) is 40.9 Å². The number of aliphatic imine (C=N–C) groups is 1. The summed E-state index contributed by atoms with van der Waals surface area (Å²) in [5, 5.41) is 9.87. The third kappa shape index (κ3) is 6.56. The molecule has 1 aliphatic heterocycles. The van der Waals surface area contributed by atoms with Gasteiger partial charge in [-0.2, -0.15) is 0 Å². The van der Waals surface area contributed by atoms with Crippen LogP contribution >= 0.6 is 11.3 Å². The van der Waals surface area contributed by atoms with Gasteiger partial charge in [-0.05, 0) is 26.7 Å². The van der Waals surface area contributed by atoms with Crippen molar-refractivity contribution in [2.45, 2.75) is 39.5 Å². The summed E-state index contributed by atoms with van der Waals surface area (Å²) in [6.07, 6.45) is 3.45. The number of hydrogen-bond acceptors (Lipinski definition) is 4. The van der Waals surface area contributed by atoms with Crippen LogP contribution in [0.2, 0.25) is 0 Å². The Labute approximate surface area is 177 Å². The number of guanidine groups is 1. The zero-order valence-electron chi connectivity index (χ0n) is 17.4. The van der Waals surface area contributed by atoms with E-state index < -0.39 is 0 Å². The predicted octanol–water partition coefficient (Wildman–Crippen LogP) is 3.23. The molecule has 0 unspecified atom stereocenters. The standard InChI is InChI=1S/C22H31N5OS/c1-3-23-22(24-12-5-15-27-14-4-6-20(27)28)25-13-11-19-16-29-21(26-19)18-9-7-17(2)8-10-18/h7-10,16H,3-6,11-15H2,1-2H3,(H2,23,24,25). The molecule has 1 amide bonds. The molecular formula is C22H31N5OS. The maximum atomic E-state index is 11.6. The number of nitrogens with one attached hydrogen (secondary N) is 2. The lowest BCUT2D eigenvalue weighted by Gasteiger charge is -2.15. The number of aryl methyl sites for hydroxylation is 1. The molecule has 1 aromatic carbocycles. The van der Waals surface area contributed by atoms with Gasteiger partial charge >= 0.3 is 0 Å². The van der Waals surface area contributed by atoms with Crippen molar-refractivity contribution in [2.24, 2.45) is 4.99 Å². The smallest absolute Gasteiger partial charge is 0.222 e. The minimum atomic E-state index is 0.285. The van der Waals surface area contributed by atoms with Gasteiger partial charge in [0.05, 0.1) is 5.69 Å². The highest BCUT2D eigenvalue weighted by Gasteiger charge is 2.18. The van der Waals surface area contributed by atoms with Crippen LogP contribution in [0.3, 0.4) is 0 Å². The van der Waals surface area contributed by atoms with Crippen LogP contribution in [0.1, 0.15) is 37.4 Å². The zero-order valence-corrected chi connectivity index (χ0v) is 18.2. The predicted molar refractivity (Wildman–Crippen MR) is 120 cm³/mol. The Morgan fingerprint density at radius 2 is 2.10 bits per heavy atom. The third-order valence-electron chi connectivity index (χ3n) is 4.90. The van der Waals surface area contributed by atoms with Crippen molar-refractivity contribution in [3.63, 3.8) is 0 Å². The van der Waals surface area contributed by atoms with Crippen LogP contribution in [-0.2, 0) is 11.2 Å². The van der Waals surface area contributed by atoms with Crippen LogP contribution in [0.25, 0.3) is 10.6 Å². The van der Waals surface area contributed by atoms with Crippen molar-refractivity contribution in [3.8, 4) is 10.6 Å². The molecule has 29 heavy (non-hydrogen) atoms. The van der Waals surface area contributed by atoms with Crippen LogP contribution in [0.15, 0.2) is 34.6 Å². The van der Waals surface area contributed by atoms with E-state index in [-0.39, 0.29) is 5.91 Å². The molecule has 0 saturated carbocycles. The molecule has 0 spiro atoms. The Bertz CT molecular complexity index is 815. The number of carbonyl (C=O) groups excluding carboxylic acids is 1. The number of benzene rings is 1. The Morgan fingerprint density at radius 1 is 1.28 bits per heavy atom. The topological polar surface area (TPSA) is 69.6 Å². The number of nitrogens with zero attached hydrogens (tertiary/aromatic N) is 3. The fourth-order valence-corrected chi connectivity index (χ4v) is 4.15. The first-order valence-electron chi connectivity index (χ1n) is 10.5. The largest absolute Gasteiger partial charge is 0.357 e. The number of carbonyl (C=O) groups is 1. The van der Waals surface area contributed by atoms with Crippen molar-refractivity contribution < 1.29 is 4.79 Å². The summed E-state index contributed by atoms with van der Waals surface area (Å²) in [5.74, 6) is 1.11. The Hall–Kier alpha value is -2.41. The van der Waals surface area contributed by atoms with Gasteiger partial charge in [0.25, 0.3) is 0 Å². The number of hydrogen-bond donors (Lipinski definition) is 2. The van der Waals surface area contributed by atoms with Gasteiger partial charge in [-0.3, -0.25) is 9.79 Å². The number of likely N-dealkylation sites (tertiary alicyclic amines) is 1. The van der Waals surface area contributed by atoms with Gasteiger partial charge in [0.15, 0.2) is 5.96 Å². The highest BCUT2D eigenvalue weighted by atomic mass is 32.1. The van der Waals surface area contributed by atoms with Crippen molar-refractivity contribution >= 4 is 23.2 Å². The number of amides is 1. The summed E-state index contributed by atoms with van der Waals surface area (Å²) < 4.78 is 0. The third-order valence-corrected chi connectivity index (χ3v) is 5.84. The maximum absolute atomic E-state index is 11.6. The minimum Gasteiger partial charge on any atom is -0.357 e. The molecule has 1 aliphatic rings. The van der Waals surface area contributed by atoms with E-state index in [0.717, 1.165) is 62.1 Å². The molecule has 2 aromatic rings. The van der Waals surface area contributed by atoms with Crippen LogP contribution in [-0.4, -0.2) is 54.5 Å². The average Bonchev–Trinajstić information content (AvgIpc) is 3.35. The molecule has 7 heteroatoms. The lowest BCUT2D eigenvalue weighted by Crippen LogP contribution is -2.38. The van der Waals surface area contributed by atoms with Gasteiger partial charge in [-0.1, -0.05) is 29.8 Å². The number of aromatic nitrogens is 1. The summed E-state index contributed by atoms with van der Waals surface area (Å²) in [4.78, 5) is 23.0. The first-order chi connectivity index (χ1) is 14.2. The van der Waals surface area contributed by atoms with Crippen molar-refractivity contribution in [1.29, 1.82) is 0 Å². The van der Waals surface area contributed by atoms with Crippen LogP contribution in [0.4, 0.5) is 0 Å². The van der Waals surface area contributed by atoms with E-state index in [1.54, 1.807) is 11.3 Å². The van der Waals surface area contributed by atoms with Gasteiger partial charge in [0, 0.05) is 56.5 Å². The van der Waals surface area contributed by atoms with E-state index >= 15 is 0 Å². The molecule has 156 valence electrons. The summed E-state index contributed by atoms with van der Waals surface area (Å²) in [7, 11) is 0. The molecule has 1 aromatic heterocycles. The Kier molecular flexibility index (Phi) is 8.04. The van der Waals surface area contributed by atoms with E-state index in [0.29, 0.717) is 13.0 Å². The first kappa shape index (κ1) is 21.3. The van der Waals surface area contributed by atoms with E-state index in [9.17, 15) is 4.79 Å². The second kappa shape index (κ2) is 11.0. The lowest BCUT2D eigenvalue weighted by atomic mass is 10.2. The van der Waals surface area contributed by atoms with Crippen molar-refractivity contribution in [1.82, 2.24) is 20.5 Å². The monoisotopic (exact) mass is 413 g/mol. The van der Waals surface area contributed by atoms with Crippen LogP contribution in [0.5, 0.6) is 0 Å². The molecule has 1 saturated heterocycles. The SMILES string of the molecule is CCNC(=NCCCN1CCCC1=O)NCCc1csc(-c2ccc(C)cc2)n1. The van der Waals surface area contributed by atoms with Crippen molar-refractivity contribution in [2.75, 3.05) is 32.7 Å². The molecule has 0 aliphatic carbocycles. The number of rotatable bonds is 9. The highest BCUT2D eigenvalue weighted by Crippen LogP contribution is 2.24. The molecule has 0 atom stereocenters. The molecular weight excluding hydrogens is 382 g/mol. The Morgan fingerprint density at radius 3 is 2.83 bits per heavy atom. The summed E-state index contributed by atoms with van der Waals surface area (Å²) >= 11 is 1.69. The normalized spacial score (nSPS) is 14.5. The number of thiazole rings is 1. The van der Waals surface area contributed by atoms with Gasteiger partial charge in [-0.25, -0.2) is 4.98 Å². The van der Waals surface area contributed by atoms with Crippen LogP contribution in [0, 0.1) is 6.92 Å². The molecule has 2 heterocycles. The molecule has 1 fully saturated rings. The van der Waals surface area contributed by atoms with Gasteiger partial charge in [-0.15, -0.1) is 11.3 Å². The van der Waals surface area contributed by atoms with E-state index in [1.807, 2.05) is 4.90 Å². The second-order valence-electron chi connectivity index (χ2n) is 7.29. The lowest BCUT2D eigenvalue weighted by molar-refractivity contribution is -0.127. The second-order valence-corrected chi connectivity index (χ2v) is 8.14. The molecule has 0 bridgehead atoms. The highest BCUT2D eigenvalue weighted by molar-refractivity contribution is 7.13.